The van der Waals surface area contributed by atoms with E-state index in [2.05, 4.69) is 10.3 Å². The molecular formula is C20H16F3N3O. The third-order valence-electron chi connectivity index (χ3n) is 4.02. The third kappa shape index (κ3) is 4.08. The topological polar surface area (TPSA) is 46.9 Å². The van der Waals surface area contributed by atoms with Gasteiger partial charge in [0.2, 0.25) is 5.91 Å². The Morgan fingerprint density at radius 3 is 2.37 bits per heavy atom. The number of nitrogens with one attached hydrogen (secondary N) is 1. The number of carbonyl (C=O) groups is 1. The van der Waals surface area contributed by atoms with Crippen molar-refractivity contribution in [2.45, 2.75) is 6.04 Å². The lowest BCUT2D eigenvalue weighted by Crippen LogP contribution is -2.30. The zero-order valence-corrected chi connectivity index (χ0v) is 14.4. The van der Waals surface area contributed by atoms with Gasteiger partial charge in [-0.25, -0.2) is 18.2 Å². The van der Waals surface area contributed by atoms with Crippen molar-refractivity contribution in [1.82, 2.24) is 14.9 Å². The van der Waals surface area contributed by atoms with Crippen molar-refractivity contribution in [3.63, 3.8) is 0 Å². The van der Waals surface area contributed by atoms with Gasteiger partial charge in [-0.15, -0.1) is 0 Å². The Labute approximate surface area is 154 Å². The van der Waals surface area contributed by atoms with Crippen molar-refractivity contribution in [2.75, 3.05) is 0 Å². The molecule has 7 heteroatoms. The first kappa shape index (κ1) is 18.4. The molecule has 0 aliphatic heterocycles. The second-order valence-electron chi connectivity index (χ2n) is 5.83. The molecule has 27 heavy (non-hydrogen) atoms. The highest BCUT2D eigenvalue weighted by atomic mass is 19.1. The van der Waals surface area contributed by atoms with Crippen molar-refractivity contribution < 1.29 is 18.0 Å². The van der Waals surface area contributed by atoms with Gasteiger partial charge in [-0.1, -0.05) is 24.3 Å². The molecule has 1 atom stereocenters. The van der Waals surface area contributed by atoms with Gasteiger partial charge in [0.1, 0.15) is 29.3 Å². The van der Waals surface area contributed by atoms with Gasteiger partial charge in [-0.05, 0) is 24.3 Å². The lowest BCUT2D eigenvalue weighted by molar-refractivity contribution is -0.117. The number of amides is 1. The Morgan fingerprint density at radius 1 is 1.07 bits per heavy atom. The van der Waals surface area contributed by atoms with E-state index in [1.54, 1.807) is 23.9 Å². The number of rotatable bonds is 5. The molecule has 0 aliphatic carbocycles. The summed E-state index contributed by atoms with van der Waals surface area (Å²) in [5.41, 5.74) is -0.0993. The number of aromatic nitrogens is 2. The summed E-state index contributed by atoms with van der Waals surface area (Å²) in [5.74, 6) is -2.30. The number of aryl methyl sites for hydroxylation is 1. The smallest absolute Gasteiger partial charge is 0.244 e. The highest BCUT2D eigenvalue weighted by Gasteiger charge is 2.22. The molecule has 3 rings (SSSR count). The third-order valence-corrected chi connectivity index (χ3v) is 4.02. The molecule has 1 amide bonds. The molecular weight excluding hydrogens is 355 g/mol. The summed E-state index contributed by atoms with van der Waals surface area (Å²) < 4.78 is 43.3. The zero-order chi connectivity index (χ0) is 19.4. The van der Waals surface area contributed by atoms with Crippen LogP contribution in [0.2, 0.25) is 0 Å². The van der Waals surface area contributed by atoms with Crippen LogP contribution >= 0.6 is 0 Å². The Kier molecular flexibility index (Phi) is 5.40. The summed E-state index contributed by atoms with van der Waals surface area (Å²) in [4.78, 5) is 16.5. The minimum Gasteiger partial charge on any atom is -0.338 e. The Morgan fingerprint density at radius 2 is 1.74 bits per heavy atom. The van der Waals surface area contributed by atoms with E-state index in [0.29, 0.717) is 5.82 Å². The first-order valence-corrected chi connectivity index (χ1v) is 8.11. The molecule has 3 aromatic rings. The van der Waals surface area contributed by atoms with Crippen LogP contribution in [0.15, 0.2) is 60.9 Å². The van der Waals surface area contributed by atoms with Gasteiger partial charge in [-0.3, -0.25) is 4.79 Å². The van der Waals surface area contributed by atoms with E-state index in [1.165, 1.54) is 30.5 Å². The number of carbonyl (C=O) groups excluding carboxylic acids is 1. The first-order chi connectivity index (χ1) is 13.0. The molecule has 0 bridgehead atoms. The van der Waals surface area contributed by atoms with Crippen molar-refractivity contribution in [1.29, 1.82) is 0 Å². The summed E-state index contributed by atoms with van der Waals surface area (Å²) in [7, 11) is 1.72. The fourth-order valence-electron chi connectivity index (χ4n) is 2.67. The quantitative estimate of drug-likeness (QED) is 0.695. The molecule has 0 radical (unpaired) electrons. The largest absolute Gasteiger partial charge is 0.338 e. The predicted molar refractivity (Wildman–Crippen MR) is 95.0 cm³/mol. The second kappa shape index (κ2) is 7.90. The first-order valence-electron chi connectivity index (χ1n) is 8.11. The van der Waals surface area contributed by atoms with E-state index >= 15 is 0 Å². The van der Waals surface area contributed by atoms with Gasteiger partial charge >= 0.3 is 0 Å². The summed E-state index contributed by atoms with van der Waals surface area (Å²) in [6.45, 7) is 0. The number of halogens is 3. The van der Waals surface area contributed by atoms with Gasteiger partial charge in [0.25, 0.3) is 0 Å². The highest BCUT2D eigenvalue weighted by Crippen LogP contribution is 2.23. The predicted octanol–water partition coefficient (Wildman–Crippen LogP) is 3.76. The molecule has 0 aliphatic rings. The molecule has 1 heterocycles. The van der Waals surface area contributed by atoms with Gasteiger partial charge in [-0.2, -0.15) is 0 Å². The van der Waals surface area contributed by atoms with Crippen LogP contribution in [0.1, 0.15) is 23.0 Å². The van der Waals surface area contributed by atoms with E-state index in [0.717, 1.165) is 24.3 Å². The number of nitrogens with zero attached hydrogens (tertiary/aromatic N) is 2. The van der Waals surface area contributed by atoms with Crippen molar-refractivity contribution in [2.24, 2.45) is 7.05 Å². The van der Waals surface area contributed by atoms with E-state index in [9.17, 15) is 18.0 Å². The van der Waals surface area contributed by atoms with Crippen LogP contribution in [0.25, 0.3) is 6.08 Å². The number of hydrogen-bond acceptors (Lipinski definition) is 2. The molecule has 138 valence electrons. The Balaban J connectivity index is 1.89. The van der Waals surface area contributed by atoms with Crippen LogP contribution in [-0.4, -0.2) is 15.5 Å². The average Bonchev–Trinajstić information content (AvgIpc) is 3.06. The fraction of sp³-hybridized carbons (Fsp3) is 0.100. The van der Waals surface area contributed by atoms with Gasteiger partial charge in [0, 0.05) is 36.6 Å². The molecule has 1 N–H and O–H groups in total. The van der Waals surface area contributed by atoms with Gasteiger partial charge in [0.05, 0.1) is 0 Å². The standard InChI is InChI=1S/C20H16F3N3O/c1-26-12-11-24-20(26)19(14-5-2-3-6-17(14)23)25-18(27)10-9-13-15(21)7-4-8-16(13)22/h2-12,19H,1H3,(H,25,27)/b10-9-/t19-/m1/s1. The maximum absolute atomic E-state index is 14.3. The molecule has 1 aromatic heterocycles. The summed E-state index contributed by atoms with van der Waals surface area (Å²) in [6.07, 6.45) is 5.23. The molecule has 0 saturated carbocycles. The maximum Gasteiger partial charge on any atom is 0.244 e. The van der Waals surface area contributed by atoms with Crippen LogP contribution in [0, 0.1) is 17.5 Å². The Hall–Kier alpha value is -3.35. The highest BCUT2D eigenvalue weighted by molar-refractivity contribution is 5.92. The lowest BCUT2D eigenvalue weighted by Gasteiger charge is -2.19. The van der Waals surface area contributed by atoms with Crippen molar-refractivity contribution in [3.8, 4) is 0 Å². The monoisotopic (exact) mass is 371 g/mol. The molecule has 0 spiro atoms. The summed E-state index contributed by atoms with van der Waals surface area (Å²) in [6, 6.07) is 8.55. The SMILES string of the molecule is Cn1ccnc1[C@H](NC(=O)/C=C\c1c(F)cccc1F)c1ccccc1F. The van der Waals surface area contributed by atoms with Crippen molar-refractivity contribution in [3.05, 3.63) is 95.3 Å². The van der Waals surface area contributed by atoms with E-state index in [-0.39, 0.29) is 11.1 Å². The minimum absolute atomic E-state index is 0.227. The fourth-order valence-corrected chi connectivity index (χ4v) is 2.67. The average molecular weight is 371 g/mol. The zero-order valence-electron chi connectivity index (χ0n) is 14.4. The van der Waals surface area contributed by atoms with E-state index in [4.69, 9.17) is 0 Å². The molecule has 0 fully saturated rings. The number of hydrogen-bond donors (Lipinski definition) is 1. The summed E-state index contributed by atoms with van der Waals surface area (Å²) >= 11 is 0. The number of benzene rings is 2. The van der Waals surface area contributed by atoms with Crippen LogP contribution in [-0.2, 0) is 11.8 Å². The van der Waals surface area contributed by atoms with Crippen LogP contribution in [0.4, 0.5) is 13.2 Å². The molecule has 2 aromatic carbocycles. The lowest BCUT2D eigenvalue weighted by atomic mass is 10.1. The second-order valence-corrected chi connectivity index (χ2v) is 5.83. The van der Waals surface area contributed by atoms with Crippen LogP contribution in [0.5, 0.6) is 0 Å². The van der Waals surface area contributed by atoms with Crippen LogP contribution in [0.3, 0.4) is 0 Å². The van der Waals surface area contributed by atoms with Gasteiger partial charge in [0.15, 0.2) is 0 Å². The van der Waals surface area contributed by atoms with E-state index in [1.807, 2.05) is 0 Å². The van der Waals surface area contributed by atoms with Crippen molar-refractivity contribution >= 4 is 12.0 Å². The molecule has 4 nitrogen and oxygen atoms in total. The van der Waals surface area contributed by atoms with E-state index < -0.39 is 29.4 Å². The minimum atomic E-state index is -0.867. The van der Waals surface area contributed by atoms with Crippen LogP contribution < -0.4 is 5.32 Å². The maximum atomic E-state index is 14.3. The normalized spacial score (nSPS) is 12.3. The van der Waals surface area contributed by atoms with Gasteiger partial charge < -0.3 is 9.88 Å². The Bertz CT molecular complexity index is 977. The number of imidazole rings is 1. The molecule has 0 unspecified atom stereocenters. The molecule has 0 saturated heterocycles. The summed E-state index contributed by atoms with van der Waals surface area (Å²) in [5, 5.41) is 2.63.